The van der Waals surface area contributed by atoms with E-state index in [0.29, 0.717) is 18.2 Å². The van der Waals surface area contributed by atoms with Gasteiger partial charge in [0.05, 0.1) is 11.8 Å². The van der Waals surface area contributed by atoms with Gasteiger partial charge in [-0.05, 0) is 38.1 Å². The lowest BCUT2D eigenvalue weighted by Gasteiger charge is -2.20. The van der Waals surface area contributed by atoms with Crippen molar-refractivity contribution in [1.82, 2.24) is 15.1 Å². The third-order valence-corrected chi connectivity index (χ3v) is 5.28. The SMILES string of the molecule is Cc1nnc(SC(C)C(=O)N(C)CCOc2ccc(Cl)cc2)s1. The first-order valence-electron chi connectivity index (χ1n) is 7.06. The molecule has 0 aliphatic carbocycles. The van der Waals surface area contributed by atoms with Gasteiger partial charge in [-0.25, -0.2) is 0 Å². The normalized spacial score (nSPS) is 12.0. The van der Waals surface area contributed by atoms with E-state index in [1.54, 1.807) is 36.2 Å². The van der Waals surface area contributed by atoms with Gasteiger partial charge in [0.25, 0.3) is 0 Å². The molecule has 1 heterocycles. The lowest BCUT2D eigenvalue weighted by molar-refractivity contribution is -0.129. The van der Waals surface area contributed by atoms with Gasteiger partial charge < -0.3 is 9.64 Å². The monoisotopic (exact) mass is 371 g/mol. The van der Waals surface area contributed by atoms with Crippen molar-refractivity contribution in [3.8, 4) is 5.75 Å². The quantitative estimate of drug-likeness (QED) is 0.697. The Morgan fingerprint density at radius 1 is 1.39 bits per heavy atom. The average molecular weight is 372 g/mol. The van der Waals surface area contributed by atoms with Crippen molar-refractivity contribution in [3.63, 3.8) is 0 Å². The molecule has 1 atom stereocenters. The number of ether oxygens (including phenoxy) is 1. The fourth-order valence-corrected chi connectivity index (χ4v) is 3.98. The molecule has 124 valence electrons. The average Bonchev–Trinajstić information content (AvgIpc) is 2.93. The molecule has 23 heavy (non-hydrogen) atoms. The molecule has 0 saturated heterocycles. The van der Waals surface area contributed by atoms with Gasteiger partial charge in [0, 0.05) is 12.1 Å². The molecular weight excluding hydrogens is 354 g/mol. The molecule has 0 N–H and O–H groups in total. The lowest BCUT2D eigenvalue weighted by atomic mass is 10.3. The number of amides is 1. The van der Waals surface area contributed by atoms with Gasteiger partial charge in [0.15, 0.2) is 4.34 Å². The first kappa shape index (κ1) is 18.0. The Hall–Kier alpha value is -1.31. The van der Waals surface area contributed by atoms with Crippen molar-refractivity contribution >= 4 is 40.6 Å². The predicted octanol–water partition coefficient (Wildman–Crippen LogP) is 3.52. The van der Waals surface area contributed by atoms with Gasteiger partial charge in [-0.1, -0.05) is 34.7 Å². The van der Waals surface area contributed by atoms with Crippen molar-refractivity contribution in [1.29, 1.82) is 0 Å². The molecule has 2 rings (SSSR count). The van der Waals surface area contributed by atoms with E-state index < -0.39 is 0 Å². The summed E-state index contributed by atoms with van der Waals surface area (Å²) in [6, 6.07) is 7.16. The number of carbonyl (C=O) groups excluding carboxylic acids is 1. The van der Waals surface area contributed by atoms with Crippen molar-refractivity contribution < 1.29 is 9.53 Å². The third-order valence-electron chi connectivity index (χ3n) is 3.02. The summed E-state index contributed by atoms with van der Waals surface area (Å²) in [4.78, 5) is 14.0. The van der Waals surface area contributed by atoms with Crippen molar-refractivity contribution in [3.05, 3.63) is 34.3 Å². The van der Waals surface area contributed by atoms with E-state index in [-0.39, 0.29) is 11.2 Å². The highest BCUT2D eigenvalue weighted by molar-refractivity contribution is 8.02. The standard InChI is InChI=1S/C15H18ClN3O2S2/c1-10(22-15-18-17-11(2)23-15)14(20)19(3)8-9-21-13-6-4-12(16)5-7-13/h4-7,10H,8-9H2,1-3H3. The van der Waals surface area contributed by atoms with Gasteiger partial charge in [0.1, 0.15) is 17.4 Å². The fraction of sp³-hybridized carbons (Fsp3) is 0.400. The number of benzene rings is 1. The number of halogens is 1. The number of carbonyl (C=O) groups is 1. The lowest BCUT2D eigenvalue weighted by Crippen LogP contribution is -2.36. The molecule has 0 saturated carbocycles. The molecule has 1 aromatic heterocycles. The number of thioether (sulfide) groups is 1. The van der Waals surface area contributed by atoms with Crippen LogP contribution in [0.15, 0.2) is 28.6 Å². The zero-order valence-corrected chi connectivity index (χ0v) is 15.5. The first-order valence-corrected chi connectivity index (χ1v) is 9.13. The smallest absolute Gasteiger partial charge is 0.235 e. The second-order valence-electron chi connectivity index (χ2n) is 4.91. The summed E-state index contributed by atoms with van der Waals surface area (Å²) >= 11 is 8.75. The Balaban J connectivity index is 1.76. The molecule has 1 amide bonds. The number of hydrogen-bond acceptors (Lipinski definition) is 6. The van der Waals surface area contributed by atoms with Crippen LogP contribution in [0.5, 0.6) is 5.75 Å². The van der Waals surface area contributed by atoms with E-state index in [9.17, 15) is 4.79 Å². The summed E-state index contributed by atoms with van der Waals surface area (Å²) in [7, 11) is 1.77. The van der Waals surface area contributed by atoms with Gasteiger partial charge in [-0.3, -0.25) is 4.79 Å². The number of aromatic nitrogens is 2. The van der Waals surface area contributed by atoms with Crippen molar-refractivity contribution in [2.24, 2.45) is 0 Å². The summed E-state index contributed by atoms with van der Waals surface area (Å²) in [5.41, 5.74) is 0. The van der Waals surface area contributed by atoms with E-state index >= 15 is 0 Å². The molecular formula is C15H18ClN3O2S2. The van der Waals surface area contributed by atoms with Crippen LogP contribution in [-0.4, -0.2) is 46.5 Å². The summed E-state index contributed by atoms with van der Waals surface area (Å²) in [5, 5.41) is 9.35. The van der Waals surface area contributed by atoms with Crippen LogP contribution in [0.3, 0.4) is 0 Å². The maximum absolute atomic E-state index is 12.3. The second-order valence-corrected chi connectivity index (χ2v) is 8.12. The molecule has 1 unspecified atom stereocenters. The highest BCUT2D eigenvalue weighted by atomic mass is 35.5. The third kappa shape index (κ3) is 5.67. The van der Waals surface area contributed by atoms with E-state index in [4.69, 9.17) is 16.3 Å². The molecule has 0 aliphatic rings. The number of hydrogen-bond donors (Lipinski definition) is 0. The minimum absolute atomic E-state index is 0.0440. The van der Waals surface area contributed by atoms with Crippen molar-refractivity contribution in [2.45, 2.75) is 23.4 Å². The van der Waals surface area contributed by atoms with Crippen LogP contribution in [0.2, 0.25) is 5.02 Å². The van der Waals surface area contributed by atoms with E-state index in [1.807, 2.05) is 13.8 Å². The maximum atomic E-state index is 12.3. The van der Waals surface area contributed by atoms with Crippen LogP contribution in [0.4, 0.5) is 0 Å². The Labute approximate surface area is 149 Å². The minimum atomic E-state index is -0.206. The zero-order chi connectivity index (χ0) is 16.8. The second kappa shape index (κ2) is 8.52. The highest BCUT2D eigenvalue weighted by Gasteiger charge is 2.20. The van der Waals surface area contributed by atoms with E-state index in [2.05, 4.69) is 10.2 Å². The molecule has 8 heteroatoms. The van der Waals surface area contributed by atoms with Gasteiger partial charge in [0.2, 0.25) is 5.91 Å². The Bertz CT molecular complexity index is 648. The number of rotatable bonds is 7. The van der Waals surface area contributed by atoms with Crippen molar-refractivity contribution in [2.75, 3.05) is 20.2 Å². The van der Waals surface area contributed by atoms with E-state index in [1.165, 1.54) is 23.1 Å². The van der Waals surface area contributed by atoms with Gasteiger partial charge in [-0.15, -0.1) is 10.2 Å². The van der Waals surface area contributed by atoms with Crippen LogP contribution in [0.1, 0.15) is 11.9 Å². The molecule has 1 aromatic carbocycles. The van der Waals surface area contributed by atoms with Crippen LogP contribution in [0.25, 0.3) is 0 Å². The molecule has 0 bridgehead atoms. The van der Waals surface area contributed by atoms with Gasteiger partial charge in [-0.2, -0.15) is 0 Å². The summed E-state index contributed by atoms with van der Waals surface area (Å²) in [6.45, 7) is 4.72. The first-order chi connectivity index (χ1) is 11.0. The maximum Gasteiger partial charge on any atom is 0.235 e. The highest BCUT2D eigenvalue weighted by Crippen LogP contribution is 2.27. The van der Waals surface area contributed by atoms with Gasteiger partial charge >= 0.3 is 0 Å². The molecule has 0 radical (unpaired) electrons. The topological polar surface area (TPSA) is 55.3 Å². The molecule has 0 aliphatic heterocycles. The molecule has 5 nitrogen and oxygen atoms in total. The zero-order valence-electron chi connectivity index (χ0n) is 13.2. The number of aryl methyl sites for hydroxylation is 1. The summed E-state index contributed by atoms with van der Waals surface area (Å²) in [5.74, 6) is 0.782. The fourth-order valence-electron chi connectivity index (χ4n) is 1.78. The van der Waals surface area contributed by atoms with Crippen LogP contribution < -0.4 is 4.74 Å². The molecule has 2 aromatic rings. The van der Waals surface area contributed by atoms with Crippen LogP contribution in [-0.2, 0) is 4.79 Å². The Morgan fingerprint density at radius 2 is 2.09 bits per heavy atom. The predicted molar refractivity (Wildman–Crippen MR) is 94.5 cm³/mol. The largest absolute Gasteiger partial charge is 0.492 e. The summed E-state index contributed by atoms with van der Waals surface area (Å²) < 4.78 is 6.42. The Morgan fingerprint density at radius 3 is 2.70 bits per heavy atom. The summed E-state index contributed by atoms with van der Waals surface area (Å²) in [6.07, 6.45) is 0. The molecule has 0 fully saturated rings. The van der Waals surface area contributed by atoms with Crippen LogP contribution >= 0.6 is 34.7 Å². The number of likely N-dealkylation sites (N-methyl/N-ethyl adjacent to an activating group) is 1. The number of nitrogens with zero attached hydrogens (tertiary/aromatic N) is 3. The van der Waals surface area contributed by atoms with E-state index in [0.717, 1.165) is 15.1 Å². The van der Waals surface area contributed by atoms with Crippen LogP contribution in [0, 0.1) is 6.92 Å². The minimum Gasteiger partial charge on any atom is -0.492 e. The Kier molecular flexibility index (Phi) is 6.68. The molecule has 0 spiro atoms.